The van der Waals surface area contributed by atoms with E-state index in [1.165, 1.54) is 22.8 Å². The van der Waals surface area contributed by atoms with E-state index in [1.54, 1.807) is 18.8 Å². The van der Waals surface area contributed by atoms with Gasteiger partial charge in [-0.1, -0.05) is 26.7 Å². The Hall–Kier alpha value is -1.78. The van der Waals surface area contributed by atoms with E-state index in [1.807, 2.05) is 6.26 Å². The summed E-state index contributed by atoms with van der Waals surface area (Å²) in [7, 11) is -2.43. The van der Waals surface area contributed by atoms with Gasteiger partial charge < -0.3 is 9.73 Å². The number of nitrogens with one attached hydrogen (secondary N) is 2. The lowest BCUT2D eigenvalue weighted by atomic mass is 9.78. The SMILES string of the molecule is CSCC[C@H](NS(=O)(=O)c1ccc2c(c1)oc(=O)n2C)C(=O)N[C@@H]1CCC[C@@H](C)[C@@H]1C. The normalized spacial score (nSPS) is 23.0. The van der Waals surface area contributed by atoms with Crippen molar-refractivity contribution in [2.75, 3.05) is 12.0 Å². The number of thioether (sulfide) groups is 1. The van der Waals surface area contributed by atoms with Gasteiger partial charge in [-0.15, -0.1) is 0 Å². The number of amides is 1. The highest BCUT2D eigenvalue weighted by Gasteiger charge is 2.32. The van der Waals surface area contributed by atoms with Crippen molar-refractivity contribution in [2.45, 2.75) is 56.5 Å². The molecule has 1 amide bonds. The van der Waals surface area contributed by atoms with Gasteiger partial charge in [-0.2, -0.15) is 16.5 Å². The highest BCUT2D eigenvalue weighted by molar-refractivity contribution is 7.98. The van der Waals surface area contributed by atoms with Crippen LogP contribution in [0.15, 0.2) is 32.3 Å². The van der Waals surface area contributed by atoms with E-state index in [4.69, 9.17) is 4.42 Å². The minimum atomic E-state index is -3.99. The summed E-state index contributed by atoms with van der Waals surface area (Å²) < 4.78 is 35.0. The third kappa shape index (κ3) is 5.35. The molecule has 1 aromatic carbocycles. The van der Waals surface area contributed by atoms with Gasteiger partial charge in [0.1, 0.15) is 6.04 Å². The van der Waals surface area contributed by atoms with Gasteiger partial charge in [-0.3, -0.25) is 9.36 Å². The molecule has 1 fully saturated rings. The van der Waals surface area contributed by atoms with Crippen LogP contribution < -0.4 is 15.8 Å². The molecule has 0 saturated heterocycles. The number of oxazole rings is 1. The Morgan fingerprint density at radius 1 is 1.32 bits per heavy atom. The Bertz CT molecular complexity index is 1090. The van der Waals surface area contributed by atoms with E-state index in [0.717, 1.165) is 19.3 Å². The Balaban J connectivity index is 1.80. The Kier molecular flexibility index (Phi) is 7.54. The zero-order chi connectivity index (χ0) is 22.8. The number of carbonyl (C=O) groups is 1. The molecule has 1 heterocycles. The minimum Gasteiger partial charge on any atom is -0.408 e. The quantitative estimate of drug-likeness (QED) is 0.615. The van der Waals surface area contributed by atoms with Gasteiger partial charge in [0.15, 0.2) is 5.58 Å². The zero-order valence-electron chi connectivity index (χ0n) is 18.4. The van der Waals surface area contributed by atoms with Crippen LogP contribution in [0.3, 0.4) is 0 Å². The Morgan fingerprint density at radius 3 is 2.77 bits per heavy atom. The molecular formula is C21H31N3O5S2. The Labute approximate surface area is 187 Å². The number of aryl methyl sites for hydroxylation is 1. The Morgan fingerprint density at radius 2 is 2.06 bits per heavy atom. The van der Waals surface area contributed by atoms with E-state index < -0.39 is 21.8 Å². The third-order valence-corrected chi connectivity index (χ3v) is 8.45. The maximum absolute atomic E-state index is 13.0. The highest BCUT2D eigenvalue weighted by Crippen LogP contribution is 2.29. The lowest BCUT2D eigenvalue weighted by Crippen LogP contribution is -2.52. The van der Waals surface area contributed by atoms with Gasteiger partial charge in [-0.05, 0) is 48.8 Å². The van der Waals surface area contributed by atoms with E-state index in [2.05, 4.69) is 23.9 Å². The van der Waals surface area contributed by atoms with Crippen molar-refractivity contribution >= 4 is 38.8 Å². The van der Waals surface area contributed by atoms with Gasteiger partial charge in [0, 0.05) is 19.2 Å². The number of sulfonamides is 1. The van der Waals surface area contributed by atoms with Crippen molar-refractivity contribution < 1.29 is 17.6 Å². The van der Waals surface area contributed by atoms with Crippen molar-refractivity contribution in [2.24, 2.45) is 18.9 Å². The number of hydrogen-bond donors (Lipinski definition) is 2. The van der Waals surface area contributed by atoms with Crippen LogP contribution >= 0.6 is 11.8 Å². The van der Waals surface area contributed by atoms with E-state index in [0.29, 0.717) is 29.5 Å². The van der Waals surface area contributed by atoms with Crippen molar-refractivity contribution in [3.8, 4) is 0 Å². The predicted octanol–water partition coefficient (Wildman–Crippen LogP) is 2.47. The molecule has 8 nitrogen and oxygen atoms in total. The number of rotatable bonds is 8. The van der Waals surface area contributed by atoms with E-state index in [9.17, 15) is 18.0 Å². The van der Waals surface area contributed by atoms with Crippen LogP contribution in [0, 0.1) is 11.8 Å². The largest absolute Gasteiger partial charge is 0.419 e. The second-order valence-corrected chi connectivity index (χ2v) is 11.1. The van der Waals surface area contributed by atoms with Crippen LogP contribution in [0.5, 0.6) is 0 Å². The molecule has 4 atom stereocenters. The van der Waals surface area contributed by atoms with Crippen LogP contribution in [-0.2, 0) is 21.9 Å². The van der Waals surface area contributed by atoms with E-state index in [-0.39, 0.29) is 22.4 Å². The number of aromatic nitrogens is 1. The first-order valence-corrected chi connectivity index (χ1v) is 13.4. The molecular weight excluding hydrogens is 438 g/mol. The summed E-state index contributed by atoms with van der Waals surface area (Å²) in [5.74, 6) is 0.650. The molecule has 31 heavy (non-hydrogen) atoms. The number of fused-ring (bicyclic) bond motifs is 1. The second kappa shape index (κ2) is 9.79. The van der Waals surface area contributed by atoms with Crippen LogP contribution in [-0.4, -0.2) is 43.0 Å². The molecule has 0 radical (unpaired) electrons. The zero-order valence-corrected chi connectivity index (χ0v) is 20.0. The average Bonchev–Trinajstić information content (AvgIpc) is 3.01. The van der Waals surface area contributed by atoms with Gasteiger partial charge in [-0.25, -0.2) is 13.2 Å². The average molecular weight is 470 g/mol. The molecule has 0 aliphatic heterocycles. The molecule has 3 rings (SSSR count). The topological polar surface area (TPSA) is 110 Å². The highest BCUT2D eigenvalue weighted by atomic mass is 32.2. The molecule has 1 saturated carbocycles. The van der Waals surface area contributed by atoms with E-state index >= 15 is 0 Å². The van der Waals surface area contributed by atoms with Crippen LogP contribution in [0.1, 0.15) is 39.5 Å². The molecule has 1 aliphatic carbocycles. The summed E-state index contributed by atoms with van der Waals surface area (Å²) in [6.07, 6.45) is 5.41. The van der Waals surface area contributed by atoms with Crippen LogP contribution in [0.4, 0.5) is 0 Å². The lowest BCUT2D eigenvalue weighted by Gasteiger charge is -2.35. The molecule has 10 heteroatoms. The molecule has 0 unspecified atom stereocenters. The maximum Gasteiger partial charge on any atom is 0.419 e. The number of hydrogen-bond acceptors (Lipinski definition) is 6. The van der Waals surface area contributed by atoms with Crippen molar-refractivity contribution in [3.63, 3.8) is 0 Å². The first-order valence-electron chi connectivity index (χ1n) is 10.5. The fraction of sp³-hybridized carbons (Fsp3) is 0.619. The minimum absolute atomic E-state index is 0.0454. The summed E-state index contributed by atoms with van der Waals surface area (Å²) >= 11 is 1.56. The summed E-state index contributed by atoms with van der Waals surface area (Å²) in [6, 6.07) is 3.42. The third-order valence-electron chi connectivity index (χ3n) is 6.33. The molecule has 2 N–H and O–H groups in total. The monoisotopic (exact) mass is 469 g/mol. The van der Waals surface area contributed by atoms with Crippen molar-refractivity contribution in [1.29, 1.82) is 0 Å². The van der Waals surface area contributed by atoms with Gasteiger partial charge in [0.2, 0.25) is 15.9 Å². The lowest BCUT2D eigenvalue weighted by molar-refractivity contribution is -0.124. The predicted molar refractivity (Wildman–Crippen MR) is 123 cm³/mol. The molecule has 2 aromatic rings. The molecule has 1 aromatic heterocycles. The fourth-order valence-corrected chi connectivity index (χ4v) is 5.80. The summed E-state index contributed by atoms with van der Waals surface area (Å²) in [5, 5.41) is 3.08. The van der Waals surface area contributed by atoms with Gasteiger partial charge in [0.05, 0.1) is 10.4 Å². The van der Waals surface area contributed by atoms with Crippen molar-refractivity contribution in [1.82, 2.24) is 14.6 Å². The summed E-state index contributed by atoms with van der Waals surface area (Å²) in [4.78, 5) is 24.7. The molecule has 0 spiro atoms. The standard InChI is InChI=1S/C21H31N3O5S2/c1-13-6-5-7-16(14(13)2)22-20(25)17(10-11-30-4)23-31(27,28)15-8-9-18-19(12-15)29-21(26)24(18)3/h8-9,12-14,16-17,23H,5-7,10-11H2,1-4H3,(H,22,25)/t13-,14+,16-,17+/m1/s1. The summed E-state index contributed by atoms with van der Waals surface area (Å²) in [6.45, 7) is 4.33. The fourth-order valence-electron chi connectivity index (χ4n) is 4.08. The van der Waals surface area contributed by atoms with Crippen LogP contribution in [0.25, 0.3) is 11.1 Å². The first-order chi connectivity index (χ1) is 14.6. The molecule has 0 bridgehead atoms. The maximum atomic E-state index is 13.0. The van der Waals surface area contributed by atoms with Crippen molar-refractivity contribution in [3.05, 3.63) is 28.7 Å². The second-order valence-electron chi connectivity index (χ2n) is 8.39. The number of nitrogens with zero attached hydrogens (tertiary/aromatic N) is 1. The molecule has 1 aliphatic rings. The number of benzene rings is 1. The van der Waals surface area contributed by atoms with Gasteiger partial charge >= 0.3 is 5.76 Å². The van der Waals surface area contributed by atoms with Crippen LogP contribution in [0.2, 0.25) is 0 Å². The smallest absolute Gasteiger partial charge is 0.408 e. The molecule has 172 valence electrons. The summed E-state index contributed by atoms with van der Waals surface area (Å²) in [5.41, 5.74) is 0.687. The number of carbonyl (C=O) groups excluding carboxylic acids is 1. The van der Waals surface area contributed by atoms with Gasteiger partial charge in [0.25, 0.3) is 0 Å². The first kappa shape index (κ1) is 23.9.